The SMILES string of the molecule is Cc1cccc(C)c1-c1ccc2c(c1)cc1c3c(-c4ccccc4)c4cc5c(cc4c(-c4ccccc4)c3c3cccc2c31)c1cc2cc(-c3ccccc3)cc3ccc4ccc5c1c4c32. The topological polar surface area (TPSA) is 0 Å². The van der Waals surface area contributed by atoms with E-state index < -0.39 is 0 Å². The van der Waals surface area contributed by atoms with Gasteiger partial charge in [-0.15, -0.1) is 0 Å². The predicted molar refractivity (Wildman–Crippen MR) is 286 cm³/mol. The van der Waals surface area contributed by atoms with E-state index in [1.165, 1.54) is 163 Å². The zero-order valence-electron chi connectivity index (χ0n) is 36.6. The second-order valence-corrected chi connectivity index (χ2v) is 18.8. The Balaban J connectivity index is 1.15. The summed E-state index contributed by atoms with van der Waals surface area (Å²) < 4.78 is 0. The molecule has 0 aliphatic carbocycles. The highest BCUT2D eigenvalue weighted by Gasteiger charge is 2.27. The summed E-state index contributed by atoms with van der Waals surface area (Å²) in [6.07, 6.45) is 0. The van der Waals surface area contributed by atoms with Crippen LogP contribution in [0.15, 0.2) is 206 Å². The average Bonchev–Trinajstić information content (AvgIpc) is 3.85. The Hall–Kier alpha value is -8.32. The summed E-state index contributed by atoms with van der Waals surface area (Å²) in [6, 6.07) is 78.4. The van der Waals surface area contributed by atoms with Gasteiger partial charge in [-0.2, -0.15) is 0 Å². The molecule has 304 valence electrons. The van der Waals surface area contributed by atoms with Gasteiger partial charge in [-0.25, -0.2) is 0 Å². The molecule has 0 radical (unpaired) electrons. The van der Waals surface area contributed by atoms with Crippen molar-refractivity contribution in [1.82, 2.24) is 0 Å². The zero-order chi connectivity index (χ0) is 43.4. The highest BCUT2D eigenvalue weighted by molar-refractivity contribution is 6.45. The Morgan fingerprint density at radius 3 is 1.44 bits per heavy atom. The van der Waals surface area contributed by atoms with E-state index in [-0.39, 0.29) is 0 Å². The van der Waals surface area contributed by atoms with E-state index in [0.29, 0.717) is 0 Å². The van der Waals surface area contributed by atoms with Crippen LogP contribution in [-0.4, -0.2) is 0 Å². The normalized spacial score (nSPS) is 12.4. The minimum atomic E-state index is 1.24. The fourth-order valence-electron chi connectivity index (χ4n) is 12.5. The molecule has 0 N–H and O–H groups in total. The van der Waals surface area contributed by atoms with Crippen LogP contribution in [0.3, 0.4) is 0 Å². The number of hydrogen-bond acceptors (Lipinski definition) is 0. The number of hydrogen-bond donors (Lipinski definition) is 0. The second-order valence-electron chi connectivity index (χ2n) is 18.8. The molecule has 15 aromatic carbocycles. The van der Waals surface area contributed by atoms with Gasteiger partial charge >= 0.3 is 0 Å². The van der Waals surface area contributed by atoms with Crippen molar-refractivity contribution >= 4 is 108 Å². The van der Waals surface area contributed by atoms with Crippen LogP contribution in [0.1, 0.15) is 11.1 Å². The second kappa shape index (κ2) is 13.1. The molecule has 15 rings (SSSR count). The molecule has 66 heavy (non-hydrogen) atoms. The van der Waals surface area contributed by atoms with Crippen LogP contribution in [0, 0.1) is 13.8 Å². The van der Waals surface area contributed by atoms with Crippen LogP contribution in [0.25, 0.3) is 152 Å². The van der Waals surface area contributed by atoms with Crippen LogP contribution in [0.5, 0.6) is 0 Å². The Bertz CT molecular complexity index is 4460. The van der Waals surface area contributed by atoms with Gasteiger partial charge in [-0.05, 0) is 220 Å². The molecule has 0 unspecified atom stereocenters. The van der Waals surface area contributed by atoms with E-state index >= 15 is 0 Å². The molecule has 0 heterocycles. The third-order valence-corrected chi connectivity index (χ3v) is 15.2. The molecule has 0 saturated heterocycles. The quantitative estimate of drug-likeness (QED) is 0.155. The zero-order valence-corrected chi connectivity index (χ0v) is 36.6. The lowest BCUT2D eigenvalue weighted by Crippen LogP contribution is -1.90. The Morgan fingerprint density at radius 2 is 0.727 bits per heavy atom. The third kappa shape index (κ3) is 4.78. The summed E-state index contributed by atoms with van der Waals surface area (Å²) in [6.45, 7) is 4.47. The van der Waals surface area contributed by atoms with Gasteiger partial charge in [0.25, 0.3) is 0 Å². The van der Waals surface area contributed by atoms with Gasteiger partial charge in [0, 0.05) is 0 Å². The van der Waals surface area contributed by atoms with Crippen LogP contribution < -0.4 is 0 Å². The summed E-state index contributed by atoms with van der Waals surface area (Å²) in [7, 11) is 0. The van der Waals surface area contributed by atoms with Gasteiger partial charge in [0.1, 0.15) is 0 Å². The van der Waals surface area contributed by atoms with Crippen molar-refractivity contribution in [2.24, 2.45) is 0 Å². The molecule has 0 fully saturated rings. The van der Waals surface area contributed by atoms with Crippen LogP contribution >= 0.6 is 0 Å². The standard InChI is InChI=1S/C66H40/c1-37-14-12-15-38(2)58(37)43-27-28-48-46(31-43)33-57-63-49(48)22-13-23-51(63)65-60(40-18-8-4-9-19-40)56-36-53-52(35-55(56)61(66(57)65)41-20-10-5-11-21-41)50-29-26-42-24-25-44-30-45(39-16-6-3-7-17-39)32-47-34-54(53)64(50)62(42)59(44)47/h3-36H,1-2H3. The molecule has 0 spiro atoms. The Kier molecular flexibility index (Phi) is 7.18. The average molecular weight is 833 g/mol. The lowest BCUT2D eigenvalue weighted by atomic mass is 9.85. The van der Waals surface area contributed by atoms with Crippen molar-refractivity contribution in [3.63, 3.8) is 0 Å². The lowest BCUT2D eigenvalue weighted by Gasteiger charge is -2.17. The first-order valence-corrected chi connectivity index (χ1v) is 23.2. The van der Waals surface area contributed by atoms with E-state index in [9.17, 15) is 0 Å². The number of rotatable bonds is 4. The van der Waals surface area contributed by atoms with Crippen molar-refractivity contribution in [3.8, 4) is 44.5 Å². The van der Waals surface area contributed by atoms with Crippen LogP contribution in [0.4, 0.5) is 0 Å². The molecule has 0 atom stereocenters. The van der Waals surface area contributed by atoms with E-state index in [0.717, 1.165) is 0 Å². The van der Waals surface area contributed by atoms with Crippen molar-refractivity contribution in [3.05, 3.63) is 217 Å². The van der Waals surface area contributed by atoms with E-state index in [1.807, 2.05) is 0 Å². The molecule has 0 amide bonds. The predicted octanol–water partition coefficient (Wildman–Crippen LogP) is 18.8. The van der Waals surface area contributed by atoms with E-state index in [4.69, 9.17) is 0 Å². The highest BCUT2D eigenvalue weighted by atomic mass is 14.3. The summed E-state index contributed by atoms with van der Waals surface area (Å²) >= 11 is 0. The first kappa shape index (κ1) is 36.1. The van der Waals surface area contributed by atoms with Crippen molar-refractivity contribution < 1.29 is 0 Å². The fraction of sp³-hybridized carbons (Fsp3) is 0.0303. The van der Waals surface area contributed by atoms with Gasteiger partial charge in [0.05, 0.1) is 0 Å². The van der Waals surface area contributed by atoms with Crippen LogP contribution in [-0.2, 0) is 0 Å². The van der Waals surface area contributed by atoms with Gasteiger partial charge in [-0.3, -0.25) is 0 Å². The van der Waals surface area contributed by atoms with Gasteiger partial charge in [-0.1, -0.05) is 164 Å². The molecule has 0 saturated carbocycles. The minimum absolute atomic E-state index is 1.24. The molecule has 0 aromatic heterocycles. The van der Waals surface area contributed by atoms with Crippen molar-refractivity contribution in [2.45, 2.75) is 13.8 Å². The maximum atomic E-state index is 2.57. The molecule has 0 aliphatic rings. The maximum absolute atomic E-state index is 2.57. The minimum Gasteiger partial charge on any atom is -0.0622 e. The summed E-state index contributed by atoms with van der Waals surface area (Å²) in [5.74, 6) is 0. The molecule has 15 aromatic rings. The largest absolute Gasteiger partial charge is 0.0622 e. The molecule has 0 bridgehead atoms. The first-order chi connectivity index (χ1) is 32.6. The van der Waals surface area contributed by atoms with Crippen molar-refractivity contribution in [1.29, 1.82) is 0 Å². The number of fused-ring (bicyclic) bond motifs is 9. The number of aryl methyl sites for hydroxylation is 2. The van der Waals surface area contributed by atoms with E-state index in [1.54, 1.807) is 0 Å². The van der Waals surface area contributed by atoms with Gasteiger partial charge in [0.2, 0.25) is 0 Å². The summed E-state index contributed by atoms with van der Waals surface area (Å²) in [4.78, 5) is 0. The fourth-order valence-corrected chi connectivity index (χ4v) is 12.5. The molecule has 0 heteroatoms. The maximum Gasteiger partial charge on any atom is -0.000719 e. The number of benzene rings is 13. The monoisotopic (exact) mass is 832 g/mol. The van der Waals surface area contributed by atoms with Crippen molar-refractivity contribution in [2.75, 3.05) is 0 Å². The highest BCUT2D eigenvalue weighted by Crippen LogP contribution is 2.55. The Labute approximate surface area is 381 Å². The van der Waals surface area contributed by atoms with E-state index in [2.05, 4.69) is 220 Å². The molecule has 0 nitrogen and oxygen atoms in total. The van der Waals surface area contributed by atoms with Crippen LogP contribution in [0.2, 0.25) is 0 Å². The first-order valence-electron chi connectivity index (χ1n) is 23.2. The molecular weight excluding hydrogens is 793 g/mol. The summed E-state index contributed by atoms with van der Waals surface area (Å²) in [5, 5.41) is 26.4. The van der Waals surface area contributed by atoms with Gasteiger partial charge in [0.15, 0.2) is 0 Å². The molecular formula is C66H40. The van der Waals surface area contributed by atoms with Gasteiger partial charge < -0.3 is 0 Å². The smallest absolute Gasteiger partial charge is 0.000719 e. The third-order valence-electron chi connectivity index (χ3n) is 15.2. The molecule has 0 aliphatic heterocycles. The lowest BCUT2D eigenvalue weighted by molar-refractivity contribution is 1.38. The Morgan fingerprint density at radius 1 is 0.197 bits per heavy atom. The summed E-state index contributed by atoms with van der Waals surface area (Å²) in [5.41, 5.74) is 12.8.